The molecule has 0 radical (unpaired) electrons. The maximum atomic E-state index is 12.8. The van der Waals surface area contributed by atoms with Crippen LogP contribution in [0.2, 0.25) is 0 Å². The standard InChI is InChI=1S/C11H11F.2C2H6/c1-4-10-6-5-8(2)7-11(10)9(3)12;2*1-2/h4-7H,1,3H2,2H3;2*1-2H3. The van der Waals surface area contributed by atoms with E-state index in [1.807, 2.05) is 46.8 Å². The van der Waals surface area contributed by atoms with Crippen molar-refractivity contribution in [2.24, 2.45) is 0 Å². The summed E-state index contributed by atoms with van der Waals surface area (Å²) in [7, 11) is 0. The fourth-order valence-electron chi connectivity index (χ4n) is 1.08. The third-order valence-corrected chi connectivity index (χ3v) is 1.72. The first-order chi connectivity index (χ1) is 7.65. The molecule has 1 rings (SSSR count). The molecule has 90 valence electrons. The van der Waals surface area contributed by atoms with Crippen LogP contribution in [-0.2, 0) is 0 Å². The van der Waals surface area contributed by atoms with Crippen LogP contribution in [0.3, 0.4) is 0 Å². The van der Waals surface area contributed by atoms with Gasteiger partial charge in [-0.25, -0.2) is 4.39 Å². The van der Waals surface area contributed by atoms with Crippen LogP contribution in [0.5, 0.6) is 0 Å². The van der Waals surface area contributed by atoms with Crippen LogP contribution in [0, 0.1) is 6.92 Å². The van der Waals surface area contributed by atoms with E-state index >= 15 is 0 Å². The molecule has 0 aromatic heterocycles. The van der Waals surface area contributed by atoms with Crippen LogP contribution in [0.25, 0.3) is 11.9 Å². The fraction of sp³-hybridized carbons (Fsp3) is 0.333. The van der Waals surface area contributed by atoms with Crippen molar-refractivity contribution < 1.29 is 4.39 Å². The molecular formula is C15H23F. The first-order valence-electron chi connectivity index (χ1n) is 5.73. The minimum Gasteiger partial charge on any atom is -0.207 e. The van der Waals surface area contributed by atoms with Gasteiger partial charge < -0.3 is 0 Å². The van der Waals surface area contributed by atoms with Crippen molar-refractivity contribution in [3.8, 4) is 0 Å². The Hall–Kier alpha value is -1.37. The molecule has 0 atom stereocenters. The molecule has 0 nitrogen and oxygen atoms in total. The predicted octanol–water partition coefficient (Wildman–Crippen LogP) is 5.63. The van der Waals surface area contributed by atoms with Crippen LogP contribution in [0.1, 0.15) is 44.4 Å². The average molecular weight is 222 g/mol. The Morgan fingerprint density at radius 2 is 1.69 bits per heavy atom. The Balaban J connectivity index is 0. The van der Waals surface area contributed by atoms with Gasteiger partial charge in [0.15, 0.2) is 0 Å². The Labute approximate surface area is 99.5 Å². The van der Waals surface area contributed by atoms with Gasteiger partial charge in [-0.1, -0.05) is 64.6 Å². The summed E-state index contributed by atoms with van der Waals surface area (Å²) in [5, 5.41) is 0. The van der Waals surface area contributed by atoms with E-state index in [1.165, 1.54) is 0 Å². The molecule has 1 aromatic rings. The van der Waals surface area contributed by atoms with E-state index in [2.05, 4.69) is 13.2 Å². The van der Waals surface area contributed by atoms with Crippen molar-refractivity contribution in [2.75, 3.05) is 0 Å². The van der Waals surface area contributed by atoms with Gasteiger partial charge in [0.25, 0.3) is 0 Å². The van der Waals surface area contributed by atoms with Gasteiger partial charge in [0.1, 0.15) is 5.83 Å². The molecule has 1 heteroatoms. The normalized spacial score (nSPS) is 7.88. The predicted molar refractivity (Wildman–Crippen MR) is 74.1 cm³/mol. The summed E-state index contributed by atoms with van der Waals surface area (Å²) in [5.74, 6) is -0.409. The highest BCUT2D eigenvalue weighted by Gasteiger charge is 2.02. The molecule has 0 saturated carbocycles. The summed E-state index contributed by atoms with van der Waals surface area (Å²) in [5.41, 5.74) is 2.34. The van der Waals surface area contributed by atoms with Gasteiger partial charge in [0.2, 0.25) is 0 Å². The van der Waals surface area contributed by atoms with E-state index < -0.39 is 5.83 Å². The van der Waals surface area contributed by atoms with E-state index in [0.29, 0.717) is 5.56 Å². The molecule has 0 N–H and O–H groups in total. The highest BCUT2D eigenvalue weighted by molar-refractivity contribution is 5.69. The Bertz CT molecular complexity index is 324. The largest absolute Gasteiger partial charge is 0.207 e. The summed E-state index contributed by atoms with van der Waals surface area (Å²) in [6.07, 6.45) is 1.62. The maximum absolute atomic E-state index is 12.8. The zero-order chi connectivity index (χ0) is 13.1. The molecule has 0 aliphatic rings. The molecule has 0 unspecified atom stereocenters. The molecule has 0 bridgehead atoms. The molecular weight excluding hydrogens is 199 g/mol. The minimum absolute atomic E-state index is 0.409. The van der Waals surface area contributed by atoms with Crippen LogP contribution in [-0.4, -0.2) is 0 Å². The maximum Gasteiger partial charge on any atom is 0.123 e. The number of rotatable bonds is 2. The molecule has 16 heavy (non-hydrogen) atoms. The third kappa shape index (κ3) is 5.50. The lowest BCUT2D eigenvalue weighted by Crippen LogP contribution is -1.84. The number of benzene rings is 1. The average Bonchev–Trinajstić information content (AvgIpc) is 2.34. The van der Waals surface area contributed by atoms with Crippen LogP contribution >= 0.6 is 0 Å². The highest BCUT2D eigenvalue weighted by atomic mass is 19.1. The number of hydrogen-bond donors (Lipinski definition) is 0. The smallest absolute Gasteiger partial charge is 0.123 e. The van der Waals surface area contributed by atoms with Crippen molar-refractivity contribution in [2.45, 2.75) is 34.6 Å². The van der Waals surface area contributed by atoms with Gasteiger partial charge in [-0.3, -0.25) is 0 Å². The van der Waals surface area contributed by atoms with Crippen molar-refractivity contribution in [3.63, 3.8) is 0 Å². The first-order valence-corrected chi connectivity index (χ1v) is 5.73. The number of aryl methyl sites for hydroxylation is 1. The minimum atomic E-state index is -0.409. The van der Waals surface area contributed by atoms with E-state index in [9.17, 15) is 4.39 Å². The van der Waals surface area contributed by atoms with Gasteiger partial charge in [-0.15, -0.1) is 0 Å². The molecule has 0 heterocycles. The second-order valence-electron chi connectivity index (χ2n) is 2.70. The van der Waals surface area contributed by atoms with Gasteiger partial charge in [-0.05, 0) is 18.6 Å². The monoisotopic (exact) mass is 222 g/mol. The van der Waals surface area contributed by atoms with Gasteiger partial charge >= 0.3 is 0 Å². The van der Waals surface area contributed by atoms with Gasteiger partial charge in [-0.2, -0.15) is 0 Å². The second kappa shape index (κ2) is 10.2. The summed E-state index contributed by atoms with van der Waals surface area (Å²) < 4.78 is 12.8. The zero-order valence-electron chi connectivity index (χ0n) is 11.1. The molecule has 0 saturated heterocycles. The highest BCUT2D eigenvalue weighted by Crippen LogP contribution is 2.21. The Kier molecular flexibility index (Phi) is 10.8. The Morgan fingerprint density at radius 1 is 1.19 bits per heavy atom. The lowest BCUT2D eigenvalue weighted by molar-refractivity contribution is 0.762. The SMILES string of the molecule is C=Cc1ccc(C)cc1C(=C)F.CC.CC. The molecule has 0 spiro atoms. The van der Waals surface area contributed by atoms with Crippen LogP contribution < -0.4 is 0 Å². The van der Waals surface area contributed by atoms with E-state index in [-0.39, 0.29) is 0 Å². The topological polar surface area (TPSA) is 0 Å². The summed E-state index contributed by atoms with van der Waals surface area (Å²) >= 11 is 0. The van der Waals surface area contributed by atoms with Crippen molar-refractivity contribution in [1.82, 2.24) is 0 Å². The zero-order valence-corrected chi connectivity index (χ0v) is 11.1. The lowest BCUT2D eigenvalue weighted by atomic mass is 10.0. The van der Waals surface area contributed by atoms with Crippen LogP contribution in [0.4, 0.5) is 4.39 Å². The quantitative estimate of drug-likeness (QED) is 0.608. The van der Waals surface area contributed by atoms with E-state index in [1.54, 1.807) is 12.1 Å². The third-order valence-electron chi connectivity index (χ3n) is 1.72. The summed E-state index contributed by atoms with van der Waals surface area (Å²) in [6.45, 7) is 16.8. The molecule has 0 fully saturated rings. The fourth-order valence-corrected chi connectivity index (χ4v) is 1.08. The number of hydrogen-bond acceptors (Lipinski definition) is 0. The lowest BCUT2D eigenvalue weighted by Gasteiger charge is -2.03. The van der Waals surface area contributed by atoms with Gasteiger partial charge in [0.05, 0.1) is 0 Å². The molecule has 0 amide bonds. The van der Waals surface area contributed by atoms with Crippen molar-refractivity contribution in [1.29, 1.82) is 0 Å². The van der Waals surface area contributed by atoms with Gasteiger partial charge in [0, 0.05) is 5.56 Å². The molecule has 0 aliphatic heterocycles. The first kappa shape index (κ1) is 17.0. The van der Waals surface area contributed by atoms with E-state index in [4.69, 9.17) is 0 Å². The van der Waals surface area contributed by atoms with Crippen molar-refractivity contribution in [3.05, 3.63) is 48.0 Å². The Morgan fingerprint density at radius 3 is 2.06 bits per heavy atom. The van der Waals surface area contributed by atoms with Crippen LogP contribution in [0.15, 0.2) is 31.4 Å². The molecule has 1 aromatic carbocycles. The molecule has 0 aliphatic carbocycles. The number of halogens is 1. The van der Waals surface area contributed by atoms with Crippen molar-refractivity contribution >= 4 is 11.9 Å². The summed E-state index contributed by atoms with van der Waals surface area (Å²) in [4.78, 5) is 0. The second-order valence-corrected chi connectivity index (χ2v) is 2.70. The summed E-state index contributed by atoms with van der Waals surface area (Å²) in [6, 6.07) is 5.52. The van der Waals surface area contributed by atoms with E-state index in [0.717, 1.165) is 11.1 Å².